The van der Waals surface area contributed by atoms with E-state index in [0.717, 1.165) is 38.2 Å². The second-order valence-electron chi connectivity index (χ2n) is 7.32. The Labute approximate surface area is 163 Å². The molecular formula is C20H32ClN3O2. The number of carbonyl (C=O) groups is 1. The van der Waals surface area contributed by atoms with E-state index >= 15 is 0 Å². The van der Waals surface area contributed by atoms with E-state index in [2.05, 4.69) is 34.6 Å². The van der Waals surface area contributed by atoms with Gasteiger partial charge in [0.25, 0.3) is 0 Å². The molecule has 0 aromatic heterocycles. The van der Waals surface area contributed by atoms with Crippen molar-refractivity contribution < 1.29 is 9.53 Å². The van der Waals surface area contributed by atoms with Crippen LogP contribution in [-0.4, -0.2) is 50.1 Å². The largest absolute Gasteiger partial charge is 0.496 e. The molecule has 1 aromatic rings. The normalized spacial score (nSPS) is 24.5. The molecule has 2 saturated heterocycles. The standard InChI is InChI=1S/C20H31N3O2.ClH/c1-15-13-16(9-10-21-15)20(24)22-14-18(23-11-5-6-12-23)17-7-3-4-8-19(17)25-2;/h3-4,7-8,15-16,18,21H,5-6,9-14H2,1-2H3,(H,22,24);1H/t15-,16-,18?;/m0./s1. The highest BCUT2D eigenvalue weighted by Gasteiger charge is 2.29. The Morgan fingerprint density at radius 1 is 1.35 bits per heavy atom. The molecule has 2 heterocycles. The summed E-state index contributed by atoms with van der Waals surface area (Å²) in [4.78, 5) is 15.1. The van der Waals surface area contributed by atoms with Crippen LogP contribution < -0.4 is 15.4 Å². The number of amides is 1. The van der Waals surface area contributed by atoms with Crippen molar-refractivity contribution in [2.24, 2.45) is 5.92 Å². The zero-order valence-corrected chi connectivity index (χ0v) is 16.7. The SMILES string of the molecule is COc1ccccc1C(CNC(=O)[C@H]1CCN[C@@H](C)C1)N1CCCC1.Cl. The lowest BCUT2D eigenvalue weighted by molar-refractivity contribution is -0.126. The Kier molecular flexibility index (Phi) is 8.19. The van der Waals surface area contributed by atoms with Gasteiger partial charge in [-0.2, -0.15) is 0 Å². The topological polar surface area (TPSA) is 53.6 Å². The summed E-state index contributed by atoms with van der Waals surface area (Å²) >= 11 is 0. The molecule has 2 N–H and O–H groups in total. The summed E-state index contributed by atoms with van der Waals surface area (Å²) in [7, 11) is 1.72. The van der Waals surface area contributed by atoms with E-state index in [-0.39, 0.29) is 30.3 Å². The number of hydrogen-bond donors (Lipinski definition) is 2. The van der Waals surface area contributed by atoms with E-state index < -0.39 is 0 Å². The van der Waals surface area contributed by atoms with Gasteiger partial charge in [0.1, 0.15) is 5.75 Å². The summed E-state index contributed by atoms with van der Waals surface area (Å²) in [5.74, 6) is 1.24. The molecule has 2 aliphatic heterocycles. The molecule has 0 radical (unpaired) electrons. The van der Waals surface area contributed by atoms with E-state index in [1.807, 2.05) is 12.1 Å². The molecule has 2 fully saturated rings. The third-order valence-corrected chi connectivity index (χ3v) is 5.54. The Morgan fingerprint density at radius 2 is 2.08 bits per heavy atom. The lowest BCUT2D eigenvalue weighted by atomic mass is 9.92. The van der Waals surface area contributed by atoms with Crippen molar-refractivity contribution >= 4 is 18.3 Å². The molecule has 0 saturated carbocycles. The third kappa shape index (κ3) is 5.12. The molecule has 0 spiro atoms. The van der Waals surface area contributed by atoms with Crippen LogP contribution in [0.5, 0.6) is 5.75 Å². The summed E-state index contributed by atoms with van der Waals surface area (Å²) in [6, 6.07) is 8.79. The van der Waals surface area contributed by atoms with Gasteiger partial charge in [-0.1, -0.05) is 18.2 Å². The number of methoxy groups -OCH3 is 1. The van der Waals surface area contributed by atoms with Crippen LogP contribution in [0.1, 0.15) is 44.2 Å². The van der Waals surface area contributed by atoms with Crippen LogP contribution in [-0.2, 0) is 4.79 Å². The highest BCUT2D eigenvalue weighted by molar-refractivity contribution is 5.85. The van der Waals surface area contributed by atoms with E-state index in [4.69, 9.17) is 4.74 Å². The van der Waals surface area contributed by atoms with E-state index in [0.29, 0.717) is 12.6 Å². The molecule has 3 rings (SSSR count). The molecule has 2 aliphatic rings. The second-order valence-corrected chi connectivity index (χ2v) is 7.32. The number of para-hydroxylation sites is 1. The molecule has 5 nitrogen and oxygen atoms in total. The zero-order chi connectivity index (χ0) is 17.6. The molecule has 0 aliphatic carbocycles. The minimum atomic E-state index is 0. The summed E-state index contributed by atoms with van der Waals surface area (Å²) in [6.45, 7) is 5.91. The molecule has 6 heteroatoms. The van der Waals surface area contributed by atoms with Crippen molar-refractivity contribution in [3.8, 4) is 5.75 Å². The van der Waals surface area contributed by atoms with Crippen molar-refractivity contribution in [2.75, 3.05) is 33.3 Å². The van der Waals surface area contributed by atoms with Crippen LogP contribution in [0.2, 0.25) is 0 Å². The van der Waals surface area contributed by atoms with Gasteiger partial charge >= 0.3 is 0 Å². The van der Waals surface area contributed by atoms with Gasteiger partial charge in [-0.05, 0) is 58.3 Å². The molecule has 1 amide bonds. The first-order chi connectivity index (χ1) is 12.2. The van der Waals surface area contributed by atoms with Crippen molar-refractivity contribution in [1.82, 2.24) is 15.5 Å². The van der Waals surface area contributed by atoms with Gasteiger partial charge in [0, 0.05) is 24.1 Å². The highest BCUT2D eigenvalue weighted by Crippen LogP contribution is 2.31. The number of ether oxygens (including phenoxy) is 1. The Bertz CT molecular complexity index is 578. The van der Waals surface area contributed by atoms with Gasteiger partial charge in [-0.25, -0.2) is 0 Å². The zero-order valence-electron chi connectivity index (χ0n) is 15.9. The fraction of sp³-hybridized carbons (Fsp3) is 0.650. The number of rotatable bonds is 6. The van der Waals surface area contributed by atoms with E-state index in [9.17, 15) is 4.79 Å². The van der Waals surface area contributed by atoms with Crippen molar-refractivity contribution in [3.05, 3.63) is 29.8 Å². The van der Waals surface area contributed by atoms with Gasteiger partial charge in [-0.15, -0.1) is 12.4 Å². The molecule has 3 atom stereocenters. The summed E-state index contributed by atoms with van der Waals surface area (Å²) in [5.41, 5.74) is 1.17. The number of carbonyl (C=O) groups excluding carboxylic acids is 1. The Hall–Kier alpha value is -1.30. The van der Waals surface area contributed by atoms with Crippen LogP contribution in [0.3, 0.4) is 0 Å². The van der Waals surface area contributed by atoms with Crippen LogP contribution >= 0.6 is 12.4 Å². The maximum absolute atomic E-state index is 12.7. The van der Waals surface area contributed by atoms with Crippen LogP contribution in [0.25, 0.3) is 0 Å². The van der Waals surface area contributed by atoms with Gasteiger partial charge < -0.3 is 15.4 Å². The van der Waals surface area contributed by atoms with Crippen molar-refractivity contribution in [3.63, 3.8) is 0 Å². The number of likely N-dealkylation sites (tertiary alicyclic amines) is 1. The molecule has 146 valence electrons. The summed E-state index contributed by atoms with van der Waals surface area (Å²) < 4.78 is 5.58. The summed E-state index contributed by atoms with van der Waals surface area (Å²) in [5, 5.41) is 6.65. The number of nitrogens with zero attached hydrogens (tertiary/aromatic N) is 1. The number of halogens is 1. The quantitative estimate of drug-likeness (QED) is 0.795. The average Bonchev–Trinajstić information content (AvgIpc) is 3.16. The predicted molar refractivity (Wildman–Crippen MR) is 107 cm³/mol. The first kappa shape index (κ1) is 21.0. The fourth-order valence-corrected chi connectivity index (χ4v) is 4.14. The number of benzene rings is 1. The van der Waals surface area contributed by atoms with Crippen molar-refractivity contribution in [2.45, 2.75) is 44.7 Å². The van der Waals surface area contributed by atoms with E-state index in [1.54, 1.807) is 7.11 Å². The summed E-state index contributed by atoms with van der Waals surface area (Å²) in [6.07, 6.45) is 4.31. The third-order valence-electron chi connectivity index (χ3n) is 5.54. The minimum absolute atomic E-state index is 0. The first-order valence-corrected chi connectivity index (χ1v) is 9.57. The molecule has 1 unspecified atom stereocenters. The highest BCUT2D eigenvalue weighted by atomic mass is 35.5. The van der Waals surface area contributed by atoms with Crippen LogP contribution in [0, 0.1) is 5.92 Å². The Morgan fingerprint density at radius 3 is 2.77 bits per heavy atom. The molecule has 26 heavy (non-hydrogen) atoms. The van der Waals surface area contributed by atoms with Crippen LogP contribution in [0.15, 0.2) is 24.3 Å². The lowest BCUT2D eigenvalue weighted by Gasteiger charge is -2.31. The monoisotopic (exact) mass is 381 g/mol. The number of nitrogens with one attached hydrogen (secondary N) is 2. The molecule has 0 bridgehead atoms. The lowest BCUT2D eigenvalue weighted by Crippen LogP contribution is -2.44. The van der Waals surface area contributed by atoms with E-state index in [1.165, 1.54) is 18.4 Å². The first-order valence-electron chi connectivity index (χ1n) is 9.57. The second kappa shape index (κ2) is 10.1. The van der Waals surface area contributed by atoms with Gasteiger partial charge in [0.05, 0.1) is 13.2 Å². The smallest absolute Gasteiger partial charge is 0.223 e. The van der Waals surface area contributed by atoms with Gasteiger partial charge in [0.15, 0.2) is 0 Å². The maximum atomic E-state index is 12.7. The van der Waals surface area contributed by atoms with Gasteiger partial charge in [0.2, 0.25) is 5.91 Å². The minimum Gasteiger partial charge on any atom is -0.496 e. The predicted octanol–water partition coefficient (Wildman–Crippen LogP) is 2.76. The van der Waals surface area contributed by atoms with Crippen molar-refractivity contribution in [1.29, 1.82) is 0 Å². The number of hydrogen-bond acceptors (Lipinski definition) is 4. The average molecular weight is 382 g/mol. The Balaban J connectivity index is 0.00000243. The van der Waals surface area contributed by atoms with Crippen LogP contribution in [0.4, 0.5) is 0 Å². The maximum Gasteiger partial charge on any atom is 0.223 e. The molecule has 1 aromatic carbocycles. The van der Waals surface area contributed by atoms with Gasteiger partial charge in [-0.3, -0.25) is 9.69 Å². The molecular weight excluding hydrogens is 350 g/mol. The number of piperidine rings is 1. The fourth-order valence-electron chi connectivity index (χ4n) is 4.14.